The van der Waals surface area contributed by atoms with E-state index in [0.29, 0.717) is 23.0 Å². The Hall–Kier alpha value is -2.73. The molecule has 0 saturated carbocycles. The fourth-order valence-corrected chi connectivity index (χ4v) is 2.68. The van der Waals surface area contributed by atoms with Crippen LogP contribution in [-0.2, 0) is 11.3 Å². The van der Waals surface area contributed by atoms with Crippen molar-refractivity contribution < 1.29 is 14.3 Å². The van der Waals surface area contributed by atoms with E-state index < -0.39 is 6.10 Å². The highest BCUT2D eigenvalue weighted by Gasteiger charge is 2.15. The largest absolute Gasteiger partial charge is 0.481 e. The molecular formula is C21H26ClN3O3. The molecule has 7 heteroatoms. The van der Waals surface area contributed by atoms with E-state index in [9.17, 15) is 9.59 Å². The van der Waals surface area contributed by atoms with Crippen molar-refractivity contribution in [3.05, 3.63) is 58.6 Å². The standard InChI is InChI=1S/C21H26ClN3O3/c1-13(2)24-21(27)25-18-8-5-16(6-9-18)12-23-20(26)15(4)28-19-10-7-17(22)11-14(19)3/h5-11,13,15H,12H2,1-4H3,(H,23,26)(H2,24,25,27). The Kier molecular flexibility index (Phi) is 7.70. The monoisotopic (exact) mass is 403 g/mol. The number of rotatable bonds is 7. The number of hydrogen-bond donors (Lipinski definition) is 3. The van der Waals surface area contributed by atoms with Gasteiger partial charge in [-0.2, -0.15) is 0 Å². The molecule has 3 N–H and O–H groups in total. The molecule has 6 nitrogen and oxygen atoms in total. The van der Waals surface area contributed by atoms with Crippen molar-refractivity contribution in [2.75, 3.05) is 5.32 Å². The first-order chi connectivity index (χ1) is 13.2. The number of urea groups is 1. The van der Waals surface area contributed by atoms with Crippen LogP contribution in [0.4, 0.5) is 10.5 Å². The van der Waals surface area contributed by atoms with Gasteiger partial charge >= 0.3 is 6.03 Å². The maximum Gasteiger partial charge on any atom is 0.319 e. The molecule has 0 aromatic heterocycles. The first kappa shape index (κ1) is 21.6. The molecule has 3 amide bonds. The molecule has 0 radical (unpaired) electrons. The molecule has 2 aromatic carbocycles. The zero-order valence-corrected chi connectivity index (χ0v) is 17.3. The van der Waals surface area contributed by atoms with Crippen molar-refractivity contribution in [2.24, 2.45) is 0 Å². The van der Waals surface area contributed by atoms with Gasteiger partial charge in [0.25, 0.3) is 5.91 Å². The number of benzene rings is 2. The maximum atomic E-state index is 12.3. The molecule has 28 heavy (non-hydrogen) atoms. The van der Waals surface area contributed by atoms with Crippen molar-refractivity contribution in [1.29, 1.82) is 0 Å². The van der Waals surface area contributed by atoms with Crippen LogP contribution in [0.25, 0.3) is 0 Å². The van der Waals surface area contributed by atoms with Gasteiger partial charge in [-0.3, -0.25) is 4.79 Å². The van der Waals surface area contributed by atoms with Gasteiger partial charge in [0.1, 0.15) is 5.75 Å². The summed E-state index contributed by atoms with van der Waals surface area (Å²) in [6.45, 7) is 7.73. The third-order valence-corrected chi connectivity index (χ3v) is 4.14. The first-order valence-electron chi connectivity index (χ1n) is 9.11. The summed E-state index contributed by atoms with van der Waals surface area (Å²) in [7, 11) is 0. The molecule has 2 rings (SSSR count). The van der Waals surface area contributed by atoms with Crippen molar-refractivity contribution in [3.63, 3.8) is 0 Å². The Morgan fingerprint density at radius 2 is 1.75 bits per heavy atom. The van der Waals surface area contributed by atoms with E-state index >= 15 is 0 Å². The van der Waals surface area contributed by atoms with E-state index in [4.69, 9.17) is 16.3 Å². The van der Waals surface area contributed by atoms with Crippen LogP contribution >= 0.6 is 11.6 Å². The predicted molar refractivity (Wildman–Crippen MR) is 112 cm³/mol. The lowest BCUT2D eigenvalue weighted by Crippen LogP contribution is -2.36. The number of nitrogens with one attached hydrogen (secondary N) is 3. The average Bonchev–Trinajstić information content (AvgIpc) is 2.62. The van der Waals surface area contributed by atoms with Crippen LogP contribution in [0, 0.1) is 6.92 Å². The summed E-state index contributed by atoms with van der Waals surface area (Å²) >= 11 is 5.93. The van der Waals surface area contributed by atoms with Crippen LogP contribution in [0.2, 0.25) is 5.02 Å². The van der Waals surface area contributed by atoms with E-state index in [0.717, 1.165) is 11.1 Å². The highest BCUT2D eigenvalue weighted by molar-refractivity contribution is 6.30. The number of carbonyl (C=O) groups excluding carboxylic acids is 2. The van der Waals surface area contributed by atoms with E-state index in [1.807, 2.05) is 32.9 Å². The Balaban J connectivity index is 1.83. The summed E-state index contributed by atoms with van der Waals surface area (Å²) in [6.07, 6.45) is -0.638. The fraction of sp³-hybridized carbons (Fsp3) is 0.333. The minimum atomic E-state index is -0.638. The second-order valence-electron chi connectivity index (χ2n) is 6.84. The normalized spacial score (nSPS) is 11.6. The predicted octanol–water partition coefficient (Wildman–Crippen LogP) is 4.26. The van der Waals surface area contributed by atoms with Crippen molar-refractivity contribution in [1.82, 2.24) is 10.6 Å². The van der Waals surface area contributed by atoms with Gasteiger partial charge in [-0.15, -0.1) is 0 Å². The van der Waals surface area contributed by atoms with Gasteiger partial charge in [0.2, 0.25) is 0 Å². The van der Waals surface area contributed by atoms with Gasteiger partial charge in [-0.25, -0.2) is 4.79 Å². The number of aryl methyl sites for hydroxylation is 1. The lowest BCUT2D eigenvalue weighted by Gasteiger charge is -2.16. The SMILES string of the molecule is Cc1cc(Cl)ccc1OC(C)C(=O)NCc1ccc(NC(=O)NC(C)C)cc1. The number of amides is 3. The Labute approximate surface area is 170 Å². The van der Waals surface area contributed by atoms with Crippen LogP contribution < -0.4 is 20.7 Å². The molecule has 0 bridgehead atoms. The van der Waals surface area contributed by atoms with Gasteiger partial charge in [-0.1, -0.05) is 23.7 Å². The van der Waals surface area contributed by atoms with Gasteiger partial charge in [0.05, 0.1) is 0 Å². The van der Waals surface area contributed by atoms with Gasteiger partial charge in [0, 0.05) is 23.3 Å². The minimum absolute atomic E-state index is 0.0651. The minimum Gasteiger partial charge on any atom is -0.481 e. The van der Waals surface area contributed by atoms with Gasteiger partial charge in [-0.05, 0) is 69.2 Å². The van der Waals surface area contributed by atoms with Crippen LogP contribution in [0.15, 0.2) is 42.5 Å². The topological polar surface area (TPSA) is 79.5 Å². The molecule has 0 aliphatic rings. The summed E-state index contributed by atoms with van der Waals surface area (Å²) in [5.74, 6) is 0.412. The first-order valence-corrected chi connectivity index (χ1v) is 9.49. The number of ether oxygens (including phenoxy) is 1. The van der Waals surface area contributed by atoms with Crippen molar-refractivity contribution in [2.45, 2.75) is 46.4 Å². The summed E-state index contributed by atoms with van der Waals surface area (Å²) in [4.78, 5) is 24.0. The highest BCUT2D eigenvalue weighted by atomic mass is 35.5. The van der Waals surface area contributed by atoms with Crippen molar-refractivity contribution >= 4 is 29.2 Å². The number of carbonyl (C=O) groups is 2. The third-order valence-electron chi connectivity index (χ3n) is 3.91. The molecule has 150 valence electrons. The van der Waals surface area contributed by atoms with Crippen LogP contribution in [0.1, 0.15) is 31.9 Å². The average molecular weight is 404 g/mol. The van der Waals surface area contributed by atoms with E-state index in [1.165, 1.54) is 0 Å². The van der Waals surface area contributed by atoms with E-state index in [1.54, 1.807) is 37.3 Å². The second kappa shape index (κ2) is 9.99. The third kappa shape index (κ3) is 6.78. The molecule has 0 aliphatic heterocycles. The number of halogens is 1. The molecule has 0 heterocycles. The van der Waals surface area contributed by atoms with Crippen LogP contribution in [0.3, 0.4) is 0 Å². The van der Waals surface area contributed by atoms with E-state index in [2.05, 4.69) is 16.0 Å². The molecular weight excluding hydrogens is 378 g/mol. The lowest BCUT2D eigenvalue weighted by molar-refractivity contribution is -0.127. The Morgan fingerprint density at radius 1 is 1.07 bits per heavy atom. The fourth-order valence-electron chi connectivity index (χ4n) is 2.46. The molecule has 0 spiro atoms. The van der Waals surface area contributed by atoms with Gasteiger partial charge < -0.3 is 20.7 Å². The Bertz CT molecular complexity index is 822. The Morgan fingerprint density at radius 3 is 2.36 bits per heavy atom. The molecule has 0 aliphatic carbocycles. The number of hydrogen-bond acceptors (Lipinski definition) is 3. The summed E-state index contributed by atoms with van der Waals surface area (Å²) in [6, 6.07) is 12.4. The van der Waals surface area contributed by atoms with E-state index in [-0.39, 0.29) is 18.0 Å². The van der Waals surface area contributed by atoms with Gasteiger partial charge in [0.15, 0.2) is 6.10 Å². The van der Waals surface area contributed by atoms with Crippen LogP contribution in [-0.4, -0.2) is 24.1 Å². The summed E-state index contributed by atoms with van der Waals surface area (Å²) in [5.41, 5.74) is 2.47. The molecule has 0 saturated heterocycles. The molecule has 0 fully saturated rings. The number of anilines is 1. The molecule has 1 atom stereocenters. The smallest absolute Gasteiger partial charge is 0.319 e. The zero-order chi connectivity index (χ0) is 20.7. The quantitative estimate of drug-likeness (QED) is 0.646. The second-order valence-corrected chi connectivity index (χ2v) is 7.27. The zero-order valence-electron chi connectivity index (χ0n) is 16.5. The summed E-state index contributed by atoms with van der Waals surface area (Å²) < 4.78 is 5.72. The summed E-state index contributed by atoms with van der Waals surface area (Å²) in [5, 5.41) is 8.98. The highest BCUT2D eigenvalue weighted by Crippen LogP contribution is 2.22. The lowest BCUT2D eigenvalue weighted by atomic mass is 10.2. The van der Waals surface area contributed by atoms with Crippen LogP contribution in [0.5, 0.6) is 5.75 Å². The molecule has 1 unspecified atom stereocenters. The maximum absolute atomic E-state index is 12.3. The molecule has 2 aromatic rings. The van der Waals surface area contributed by atoms with Crippen molar-refractivity contribution in [3.8, 4) is 5.75 Å².